The lowest BCUT2D eigenvalue weighted by Gasteiger charge is -2.13. The molecule has 0 aliphatic rings. The first-order chi connectivity index (χ1) is 10.8. The van der Waals surface area contributed by atoms with Gasteiger partial charge in [0.25, 0.3) is 0 Å². The minimum Gasteiger partial charge on any atom is -0.346 e. The van der Waals surface area contributed by atoms with Gasteiger partial charge in [0.1, 0.15) is 12.9 Å². The van der Waals surface area contributed by atoms with E-state index in [0.29, 0.717) is 15.9 Å². The zero-order chi connectivity index (χ0) is 17.0. The fourth-order valence-electron chi connectivity index (χ4n) is 1.65. The van der Waals surface area contributed by atoms with Crippen LogP contribution in [0.3, 0.4) is 0 Å². The van der Waals surface area contributed by atoms with Gasteiger partial charge in [-0.2, -0.15) is 13.2 Å². The van der Waals surface area contributed by atoms with Crippen molar-refractivity contribution in [3.05, 3.63) is 35.6 Å². The minimum atomic E-state index is -4.44. The number of halogens is 4. The molecule has 0 saturated heterocycles. The molecule has 0 unspecified atom stereocenters. The molecule has 23 heavy (non-hydrogen) atoms. The average Bonchev–Trinajstić information content (AvgIpc) is 2.92. The normalized spacial score (nSPS) is 12.9. The second-order valence-corrected chi connectivity index (χ2v) is 6.30. The molecule has 1 N–H and O–H groups in total. The van der Waals surface area contributed by atoms with Crippen LogP contribution in [-0.4, -0.2) is 38.6 Å². The second-order valence-electron chi connectivity index (χ2n) is 4.56. The number of nitrogens with zero attached hydrogens (tertiary/aromatic N) is 3. The molecule has 0 radical (unpaired) electrons. The van der Waals surface area contributed by atoms with Gasteiger partial charge in [0.15, 0.2) is 5.16 Å². The first-order valence-electron chi connectivity index (χ1n) is 6.43. The number of hydrogen-bond acceptors (Lipinski definition) is 4. The molecule has 1 heterocycles. The maximum Gasteiger partial charge on any atom is 0.405 e. The topological polar surface area (TPSA) is 59.8 Å². The number of benzene rings is 1. The van der Waals surface area contributed by atoms with E-state index in [1.807, 2.05) is 5.32 Å². The highest BCUT2D eigenvalue weighted by molar-refractivity contribution is 8.00. The standard InChI is InChI=1S/C13H12ClF3N4OS/c1-8(11(22)18-6-13(15,16)17)23-12-20-19-7-21(12)10-4-2-3-9(14)5-10/h2-5,7-8H,6H2,1H3,(H,18,22)/t8-/m0/s1. The molecule has 0 bridgehead atoms. The molecular formula is C13H12ClF3N4OS. The van der Waals surface area contributed by atoms with Gasteiger partial charge in [0.05, 0.1) is 10.9 Å². The van der Waals surface area contributed by atoms with Gasteiger partial charge in [0, 0.05) is 5.02 Å². The Hall–Kier alpha value is -1.74. The Bertz CT molecular complexity index is 692. The van der Waals surface area contributed by atoms with Gasteiger partial charge in [-0.05, 0) is 25.1 Å². The van der Waals surface area contributed by atoms with Crippen molar-refractivity contribution in [2.24, 2.45) is 0 Å². The van der Waals surface area contributed by atoms with Crippen molar-refractivity contribution in [3.8, 4) is 5.69 Å². The third kappa shape index (κ3) is 5.14. The molecule has 0 aliphatic heterocycles. The summed E-state index contributed by atoms with van der Waals surface area (Å²) in [6, 6.07) is 6.90. The van der Waals surface area contributed by atoms with Crippen LogP contribution in [0.15, 0.2) is 35.7 Å². The molecule has 124 valence electrons. The van der Waals surface area contributed by atoms with E-state index in [9.17, 15) is 18.0 Å². The molecule has 1 aromatic carbocycles. The Morgan fingerprint density at radius 2 is 2.22 bits per heavy atom. The molecule has 1 amide bonds. The van der Waals surface area contributed by atoms with Gasteiger partial charge in [-0.1, -0.05) is 29.4 Å². The number of amides is 1. The molecule has 2 aromatic rings. The maximum atomic E-state index is 12.1. The Labute approximate surface area is 139 Å². The van der Waals surface area contributed by atoms with Crippen LogP contribution in [-0.2, 0) is 4.79 Å². The van der Waals surface area contributed by atoms with Gasteiger partial charge in [0.2, 0.25) is 5.91 Å². The van der Waals surface area contributed by atoms with E-state index >= 15 is 0 Å². The monoisotopic (exact) mass is 364 g/mol. The molecule has 0 spiro atoms. The summed E-state index contributed by atoms with van der Waals surface area (Å²) in [5.74, 6) is -0.729. The fraction of sp³-hybridized carbons (Fsp3) is 0.308. The second kappa shape index (κ2) is 7.22. The summed E-state index contributed by atoms with van der Waals surface area (Å²) < 4.78 is 38.0. The largest absolute Gasteiger partial charge is 0.405 e. The molecule has 0 fully saturated rings. The van der Waals surface area contributed by atoms with Crippen molar-refractivity contribution in [1.29, 1.82) is 0 Å². The van der Waals surface area contributed by atoms with Crippen LogP contribution in [0.4, 0.5) is 13.2 Å². The lowest BCUT2D eigenvalue weighted by molar-refractivity contribution is -0.137. The Kier molecular flexibility index (Phi) is 5.53. The van der Waals surface area contributed by atoms with Crippen LogP contribution < -0.4 is 5.32 Å². The summed E-state index contributed by atoms with van der Waals surface area (Å²) in [6.07, 6.45) is -3.00. The molecule has 10 heteroatoms. The van der Waals surface area contributed by atoms with Crippen molar-refractivity contribution in [2.75, 3.05) is 6.54 Å². The fourth-order valence-corrected chi connectivity index (χ4v) is 2.70. The van der Waals surface area contributed by atoms with E-state index in [0.717, 1.165) is 11.8 Å². The van der Waals surface area contributed by atoms with E-state index < -0.39 is 23.9 Å². The van der Waals surface area contributed by atoms with Crippen molar-refractivity contribution in [1.82, 2.24) is 20.1 Å². The number of alkyl halides is 3. The van der Waals surface area contributed by atoms with Crippen molar-refractivity contribution in [3.63, 3.8) is 0 Å². The van der Waals surface area contributed by atoms with Gasteiger partial charge in [-0.3, -0.25) is 9.36 Å². The number of carbonyl (C=O) groups is 1. The number of aromatic nitrogens is 3. The van der Waals surface area contributed by atoms with Gasteiger partial charge < -0.3 is 5.32 Å². The summed E-state index contributed by atoms with van der Waals surface area (Å²) >= 11 is 6.93. The summed E-state index contributed by atoms with van der Waals surface area (Å²) in [6.45, 7) is 0.130. The van der Waals surface area contributed by atoms with Crippen LogP contribution in [0.2, 0.25) is 5.02 Å². The molecule has 0 saturated carbocycles. The van der Waals surface area contributed by atoms with Crippen LogP contribution in [0.5, 0.6) is 0 Å². The number of thioether (sulfide) groups is 1. The quantitative estimate of drug-likeness (QED) is 0.828. The third-order valence-electron chi connectivity index (χ3n) is 2.72. The van der Waals surface area contributed by atoms with Crippen molar-refractivity contribution >= 4 is 29.3 Å². The van der Waals surface area contributed by atoms with E-state index in [1.165, 1.54) is 13.3 Å². The highest BCUT2D eigenvalue weighted by Crippen LogP contribution is 2.25. The highest BCUT2D eigenvalue weighted by Gasteiger charge is 2.29. The first kappa shape index (κ1) is 17.6. The summed E-state index contributed by atoms with van der Waals surface area (Å²) in [5.41, 5.74) is 0.688. The number of rotatable bonds is 5. The lowest BCUT2D eigenvalue weighted by Crippen LogP contribution is -2.38. The molecule has 0 aliphatic carbocycles. The van der Waals surface area contributed by atoms with Crippen molar-refractivity contribution < 1.29 is 18.0 Å². The maximum absolute atomic E-state index is 12.1. The molecule has 2 rings (SSSR count). The Morgan fingerprint density at radius 1 is 1.48 bits per heavy atom. The number of nitrogens with one attached hydrogen (secondary N) is 1. The summed E-state index contributed by atoms with van der Waals surface area (Å²) in [5, 5.41) is 9.62. The van der Waals surface area contributed by atoms with E-state index in [1.54, 1.807) is 28.8 Å². The zero-order valence-electron chi connectivity index (χ0n) is 11.8. The molecule has 1 atom stereocenters. The highest BCUT2D eigenvalue weighted by atomic mass is 35.5. The minimum absolute atomic E-state index is 0.377. The van der Waals surface area contributed by atoms with Gasteiger partial charge in [-0.15, -0.1) is 10.2 Å². The molecule has 5 nitrogen and oxygen atoms in total. The predicted molar refractivity (Wildman–Crippen MR) is 80.8 cm³/mol. The molecule has 1 aromatic heterocycles. The molecular weight excluding hydrogens is 353 g/mol. The van der Waals surface area contributed by atoms with E-state index in [-0.39, 0.29) is 0 Å². The Balaban J connectivity index is 2.06. The van der Waals surface area contributed by atoms with E-state index in [4.69, 9.17) is 11.6 Å². The lowest BCUT2D eigenvalue weighted by atomic mass is 10.3. The summed E-state index contributed by atoms with van der Waals surface area (Å²) in [7, 11) is 0. The average molecular weight is 365 g/mol. The van der Waals surface area contributed by atoms with Crippen molar-refractivity contribution in [2.45, 2.75) is 23.5 Å². The SMILES string of the molecule is C[C@H](Sc1nncn1-c1cccc(Cl)c1)C(=O)NCC(F)(F)F. The van der Waals surface area contributed by atoms with E-state index in [2.05, 4.69) is 10.2 Å². The zero-order valence-corrected chi connectivity index (χ0v) is 13.4. The van der Waals surface area contributed by atoms with Gasteiger partial charge in [-0.25, -0.2) is 0 Å². The van der Waals surface area contributed by atoms with Gasteiger partial charge >= 0.3 is 6.18 Å². The van der Waals surface area contributed by atoms with Crippen LogP contribution >= 0.6 is 23.4 Å². The number of hydrogen-bond donors (Lipinski definition) is 1. The summed E-state index contributed by atoms with van der Waals surface area (Å²) in [4.78, 5) is 11.7. The third-order valence-corrected chi connectivity index (χ3v) is 4.01. The predicted octanol–water partition coefficient (Wildman–Crippen LogP) is 3.08. The Morgan fingerprint density at radius 3 is 2.87 bits per heavy atom. The van der Waals surface area contributed by atoms with Crippen LogP contribution in [0.25, 0.3) is 5.69 Å². The van der Waals surface area contributed by atoms with Crippen LogP contribution in [0.1, 0.15) is 6.92 Å². The number of carbonyl (C=O) groups excluding carboxylic acids is 1. The smallest absolute Gasteiger partial charge is 0.346 e. The first-order valence-corrected chi connectivity index (χ1v) is 7.69. The van der Waals surface area contributed by atoms with Crippen LogP contribution in [0, 0.1) is 0 Å².